The van der Waals surface area contributed by atoms with E-state index in [1.165, 1.54) is 0 Å². The van der Waals surface area contributed by atoms with Crippen LogP contribution in [0.5, 0.6) is 0 Å². The highest BCUT2D eigenvalue weighted by Gasteiger charge is 2.54. The van der Waals surface area contributed by atoms with Crippen molar-refractivity contribution in [1.29, 1.82) is 0 Å². The van der Waals surface area contributed by atoms with E-state index in [1.54, 1.807) is 0 Å². The van der Waals surface area contributed by atoms with Gasteiger partial charge in [-0.2, -0.15) is 17.6 Å². The third kappa shape index (κ3) is 4.46. The Morgan fingerprint density at radius 1 is 0.625 bits per heavy atom. The topological polar surface area (TPSA) is 88.1 Å². The SMILES string of the molecule is COP(=O)(OC)C(F)(F)c1ccc(C(=O)c2ccc(C(F)(F)P(=O)(OC)OC)cc2)cc1. The number of rotatable bonds is 10. The summed E-state index contributed by atoms with van der Waals surface area (Å²) < 4.78 is 99.4. The molecular formula is C19H20F4O7P2. The van der Waals surface area contributed by atoms with E-state index in [9.17, 15) is 31.5 Å². The van der Waals surface area contributed by atoms with Crippen LogP contribution < -0.4 is 0 Å². The van der Waals surface area contributed by atoms with Crippen molar-refractivity contribution >= 4 is 21.0 Å². The molecule has 2 aromatic carbocycles. The van der Waals surface area contributed by atoms with E-state index in [0.717, 1.165) is 77.0 Å². The zero-order valence-electron chi connectivity index (χ0n) is 17.4. The number of hydrogen-bond acceptors (Lipinski definition) is 7. The molecule has 176 valence electrons. The van der Waals surface area contributed by atoms with E-state index in [-0.39, 0.29) is 11.1 Å². The molecule has 0 aliphatic heterocycles. The quantitative estimate of drug-likeness (QED) is 0.226. The maximum Gasteiger partial charge on any atom is 0.403 e. The van der Waals surface area contributed by atoms with Gasteiger partial charge >= 0.3 is 26.5 Å². The number of carbonyl (C=O) groups excluding carboxylic acids is 1. The third-order valence-corrected chi connectivity index (χ3v) is 8.45. The zero-order valence-corrected chi connectivity index (χ0v) is 19.2. The fraction of sp³-hybridized carbons (Fsp3) is 0.316. The average molecular weight is 498 g/mol. The summed E-state index contributed by atoms with van der Waals surface area (Å²) in [4.78, 5) is 12.6. The summed E-state index contributed by atoms with van der Waals surface area (Å²) in [6.07, 6.45) is 0. The fourth-order valence-electron chi connectivity index (χ4n) is 2.73. The second-order valence-electron chi connectivity index (χ2n) is 6.29. The summed E-state index contributed by atoms with van der Waals surface area (Å²) in [5, 5.41) is 0. The van der Waals surface area contributed by atoms with Crippen molar-refractivity contribution in [2.75, 3.05) is 28.4 Å². The number of benzene rings is 2. The van der Waals surface area contributed by atoms with Crippen molar-refractivity contribution in [3.8, 4) is 0 Å². The van der Waals surface area contributed by atoms with Crippen molar-refractivity contribution in [2.45, 2.75) is 11.3 Å². The van der Waals surface area contributed by atoms with Crippen LogP contribution in [0.25, 0.3) is 0 Å². The van der Waals surface area contributed by atoms with Crippen molar-refractivity contribution < 1.29 is 49.6 Å². The van der Waals surface area contributed by atoms with Gasteiger partial charge in [0.05, 0.1) is 0 Å². The molecule has 0 saturated carbocycles. The summed E-state index contributed by atoms with van der Waals surface area (Å²) in [5.41, 5.74) is -9.41. The van der Waals surface area contributed by atoms with Gasteiger partial charge in [0.25, 0.3) is 0 Å². The van der Waals surface area contributed by atoms with Gasteiger partial charge in [0.15, 0.2) is 5.78 Å². The Kier molecular flexibility index (Phi) is 7.87. The Balaban J connectivity index is 2.32. The molecule has 0 spiro atoms. The predicted octanol–water partition coefficient (Wildman–Crippen LogP) is 5.99. The molecule has 7 nitrogen and oxygen atoms in total. The summed E-state index contributed by atoms with van der Waals surface area (Å²) in [5.74, 6) is -0.655. The van der Waals surface area contributed by atoms with Gasteiger partial charge < -0.3 is 18.1 Å². The summed E-state index contributed by atoms with van der Waals surface area (Å²) >= 11 is 0. The van der Waals surface area contributed by atoms with Crippen molar-refractivity contribution in [1.82, 2.24) is 0 Å². The maximum atomic E-state index is 14.5. The molecule has 0 amide bonds. The molecule has 0 aromatic heterocycles. The second kappa shape index (κ2) is 9.55. The molecule has 0 radical (unpaired) electrons. The van der Waals surface area contributed by atoms with E-state index in [0.29, 0.717) is 0 Å². The molecule has 13 heteroatoms. The third-order valence-electron chi connectivity index (χ3n) is 4.64. The molecule has 0 unspecified atom stereocenters. The Labute approximate surface area is 181 Å². The van der Waals surface area contributed by atoms with E-state index in [1.807, 2.05) is 0 Å². The van der Waals surface area contributed by atoms with Crippen LogP contribution in [-0.4, -0.2) is 34.2 Å². The van der Waals surface area contributed by atoms with Crippen molar-refractivity contribution in [2.24, 2.45) is 0 Å². The fourth-order valence-corrected chi connectivity index (χ4v) is 4.88. The van der Waals surface area contributed by atoms with Crippen LogP contribution in [0, 0.1) is 0 Å². The number of ketones is 1. The van der Waals surface area contributed by atoms with E-state index in [2.05, 4.69) is 18.1 Å². The van der Waals surface area contributed by atoms with Crippen LogP contribution in [0.15, 0.2) is 48.5 Å². The molecule has 0 atom stereocenters. The average Bonchev–Trinajstić information content (AvgIpc) is 2.82. The molecule has 0 aliphatic carbocycles. The van der Waals surface area contributed by atoms with Crippen LogP contribution in [0.2, 0.25) is 0 Å². The van der Waals surface area contributed by atoms with Gasteiger partial charge in [-0.1, -0.05) is 48.5 Å². The lowest BCUT2D eigenvalue weighted by molar-refractivity contribution is 0.0453. The largest absolute Gasteiger partial charge is 0.403 e. The van der Waals surface area contributed by atoms with Gasteiger partial charge in [0.2, 0.25) is 0 Å². The molecular weight excluding hydrogens is 478 g/mol. The molecule has 0 bridgehead atoms. The summed E-state index contributed by atoms with van der Waals surface area (Å²) in [7, 11) is -6.27. The van der Waals surface area contributed by atoms with Crippen molar-refractivity contribution in [3.63, 3.8) is 0 Å². The summed E-state index contributed by atoms with van der Waals surface area (Å²) in [6, 6.07) is 7.78. The molecule has 0 fully saturated rings. The molecule has 0 N–H and O–H groups in total. The van der Waals surface area contributed by atoms with Gasteiger partial charge in [-0.15, -0.1) is 0 Å². The Hall–Kier alpha value is -1.87. The predicted molar refractivity (Wildman–Crippen MR) is 107 cm³/mol. The lowest BCUT2D eigenvalue weighted by atomic mass is 10.0. The minimum atomic E-state index is -4.78. The van der Waals surface area contributed by atoms with Crippen LogP contribution in [0.3, 0.4) is 0 Å². The monoisotopic (exact) mass is 498 g/mol. The Morgan fingerprint density at radius 2 is 0.875 bits per heavy atom. The molecule has 2 rings (SSSR count). The first kappa shape index (κ1) is 26.4. The minimum absolute atomic E-state index is 0.0341. The maximum absolute atomic E-state index is 14.5. The van der Waals surface area contributed by atoms with E-state index in [4.69, 9.17) is 0 Å². The molecule has 32 heavy (non-hydrogen) atoms. The summed E-state index contributed by atoms with van der Waals surface area (Å²) in [6.45, 7) is 0. The lowest BCUT2D eigenvalue weighted by Gasteiger charge is -2.24. The van der Waals surface area contributed by atoms with Gasteiger partial charge in [-0.3, -0.25) is 13.9 Å². The van der Waals surface area contributed by atoms with Crippen molar-refractivity contribution in [3.05, 3.63) is 70.8 Å². The highest BCUT2D eigenvalue weighted by molar-refractivity contribution is 7.55. The van der Waals surface area contributed by atoms with Gasteiger partial charge in [-0.25, -0.2) is 0 Å². The van der Waals surface area contributed by atoms with E-state index >= 15 is 0 Å². The smallest absolute Gasteiger partial charge is 0.308 e. The molecule has 0 saturated heterocycles. The highest BCUT2D eigenvalue weighted by Crippen LogP contribution is 2.66. The highest BCUT2D eigenvalue weighted by atomic mass is 31.2. The first-order valence-corrected chi connectivity index (χ1v) is 11.9. The normalized spacial score (nSPS) is 13.2. The first-order valence-electron chi connectivity index (χ1n) is 8.78. The van der Waals surface area contributed by atoms with Crippen LogP contribution in [0.4, 0.5) is 17.6 Å². The number of hydrogen-bond donors (Lipinski definition) is 0. The minimum Gasteiger partial charge on any atom is -0.308 e. The number of alkyl halides is 4. The Bertz CT molecular complexity index is 957. The van der Waals surface area contributed by atoms with Crippen LogP contribution in [-0.2, 0) is 38.6 Å². The zero-order chi connectivity index (χ0) is 24.4. The van der Waals surface area contributed by atoms with Crippen LogP contribution in [0.1, 0.15) is 27.0 Å². The lowest BCUT2D eigenvalue weighted by Crippen LogP contribution is -2.17. The Morgan fingerprint density at radius 3 is 1.09 bits per heavy atom. The first-order chi connectivity index (χ1) is 14.8. The van der Waals surface area contributed by atoms with Gasteiger partial charge in [-0.05, 0) is 0 Å². The number of halogens is 4. The number of carbonyl (C=O) groups is 1. The van der Waals surface area contributed by atoms with E-state index < -0.39 is 43.4 Å². The molecule has 0 aliphatic rings. The molecule has 2 aromatic rings. The van der Waals surface area contributed by atoms with Crippen LogP contribution >= 0.6 is 15.2 Å². The van der Waals surface area contributed by atoms with Gasteiger partial charge in [0, 0.05) is 50.7 Å². The molecule has 0 heterocycles. The standard InChI is InChI=1S/C19H20F4O7P2/c1-27-31(25,28-2)18(20,21)15-9-5-13(6-10-15)17(24)14-7-11-16(12-8-14)19(22,23)32(26,29-3)30-4/h5-12H,1-4H3. The van der Waals surface area contributed by atoms with Gasteiger partial charge in [0.1, 0.15) is 0 Å². The second-order valence-corrected chi connectivity index (χ2v) is 10.9.